The Labute approximate surface area is 183 Å². The molecule has 2 fully saturated rings. The first-order valence-corrected chi connectivity index (χ1v) is 11.8. The van der Waals surface area contributed by atoms with Gasteiger partial charge in [-0.3, -0.25) is 9.59 Å². The maximum absolute atomic E-state index is 13.7. The lowest BCUT2D eigenvalue weighted by Gasteiger charge is -2.44. The predicted molar refractivity (Wildman–Crippen MR) is 118 cm³/mol. The Morgan fingerprint density at radius 1 is 1.16 bits per heavy atom. The van der Waals surface area contributed by atoms with E-state index in [1.807, 2.05) is 35.8 Å². The zero-order valence-electron chi connectivity index (χ0n) is 18.3. The Kier molecular flexibility index (Phi) is 5.46. The molecule has 0 radical (unpaired) electrons. The lowest BCUT2D eigenvalue weighted by atomic mass is 9.93. The summed E-state index contributed by atoms with van der Waals surface area (Å²) in [5.41, 5.74) is 0.707. The molecular formula is C24H32N4O3. The number of aromatic nitrogens is 2. The van der Waals surface area contributed by atoms with Crippen LogP contribution in [0.3, 0.4) is 0 Å². The van der Waals surface area contributed by atoms with Gasteiger partial charge in [-0.05, 0) is 44.7 Å². The highest BCUT2D eigenvalue weighted by Crippen LogP contribution is 2.32. The zero-order valence-corrected chi connectivity index (χ0v) is 18.3. The van der Waals surface area contributed by atoms with E-state index in [1.165, 1.54) is 12.8 Å². The van der Waals surface area contributed by atoms with Gasteiger partial charge in [-0.25, -0.2) is 4.98 Å². The zero-order chi connectivity index (χ0) is 21.4. The van der Waals surface area contributed by atoms with Crippen molar-refractivity contribution in [3.8, 4) is 0 Å². The Balaban J connectivity index is 1.49. The molecule has 0 bridgehead atoms. The first-order chi connectivity index (χ1) is 15.1. The van der Waals surface area contributed by atoms with Gasteiger partial charge in [0.2, 0.25) is 5.91 Å². The van der Waals surface area contributed by atoms with Crippen molar-refractivity contribution in [1.82, 2.24) is 19.8 Å². The molecule has 2 aliphatic heterocycles. The van der Waals surface area contributed by atoms with Crippen molar-refractivity contribution >= 4 is 22.8 Å². The normalized spacial score (nSPS) is 27.3. The average Bonchev–Trinajstić information content (AvgIpc) is 3.33. The fourth-order valence-corrected chi connectivity index (χ4v) is 5.37. The summed E-state index contributed by atoms with van der Waals surface area (Å²) in [6, 6.07) is 7.95. The summed E-state index contributed by atoms with van der Waals surface area (Å²) in [5, 5.41) is 3.31. The number of carbonyl (C=O) groups is 2. The van der Waals surface area contributed by atoms with E-state index in [4.69, 9.17) is 4.74 Å². The standard InChI is InChI=1S/C24H32N4O3/c1-24(23(30)25-17-9-4-2-3-5-10-17)16-27-20-13-7-6-12-19(20)26-21(27)22(29)28(24)15-18-11-8-14-31-18/h6-7,12-13,17-18H,2-5,8-11,14-16H2,1H3,(H,25,30)/t18-,24+/m1/s1. The number of para-hydroxylation sites is 2. The van der Waals surface area contributed by atoms with Crippen molar-refractivity contribution in [3.63, 3.8) is 0 Å². The van der Waals surface area contributed by atoms with Crippen LogP contribution in [-0.4, -0.2) is 57.1 Å². The van der Waals surface area contributed by atoms with Crippen molar-refractivity contribution < 1.29 is 14.3 Å². The number of carbonyl (C=O) groups excluding carboxylic acids is 2. The molecule has 1 saturated heterocycles. The van der Waals surface area contributed by atoms with Crippen molar-refractivity contribution in [2.75, 3.05) is 13.2 Å². The Morgan fingerprint density at radius 3 is 2.68 bits per heavy atom. The number of nitrogens with zero attached hydrogens (tertiary/aromatic N) is 3. The van der Waals surface area contributed by atoms with Crippen LogP contribution in [0.25, 0.3) is 11.0 Å². The van der Waals surface area contributed by atoms with Crippen LogP contribution in [0.15, 0.2) is 24.3 Å². The number of rotatable bonds is 4. The van der Waals surface area contributed by atoms with E-state index in [9.17, 15) is 9.59 Å². The van der Waals surface area contributed by atoms with Crippen LogP contribution in [0.5, 0.6) is 0 Å². The summed E-state index contributed by atoms with van der Waals surface area (Å²) in [6.45, 7) is 3.45. The summed E-state index contributed by atoms with van der Waals surface area (Å²) < 4.78 is 7.76. The van der Waals surface area contributed by atoms with Gasteiger partial charge in [0.25, 0.3) is 5.91 Å². The second kappa shape index (κ2) is 8.26. The molecule has 5 rings (SSSR count). The minimum Gasteiger partial charge on any atom is -0.376 e. The number of hydrogen-bond acceptors (Lipinski definition) is 4. The van der Waals surface area contributed by atoms with Gasteiger partial charge in [-0.1, -0.05) is 37.8 Å². The highest BCUT2D eigenvalue weighted by molar-refractivity contribution is 6.01. The number of benzene rings is 1. The summed E-state index contributed by atoms with van der Waals surface area (Å²) >= 11 is 0. The van der Waals surface area contributed by atoms with Crippen molar-refractivity contribution in [2.24, 2.45) is 0 Å². The third kappa shape index (κ3) is 3.73. The molecule has 1 saturated carbocycles. The van der Waals surface area contributed by atoms with E-state index < -0.39 is 5.54 Å². The highest BCUT2D eigenvalue weighted by atomic mass is 16.5. The molecule has 1 N–H and O–H groups in total. The lowest BCUT2D eigenvalue weighted by molar-refractivity contribution is -0.134. The SMILES string of the molecule is C[C@@]1(C(=O)NC2CCCCCC2)Cn2c(nc3ccccc32)C(=O)N1C[C@H]1CCCO1. The first-order valence-electron chi connectivity index (χ1n) is 11.8. The van der Waals surface area contributed by atoms with Gasteiger partial charge in [0.05, 0.1) is 23.7 Å². The van der Waals surface area contributed by atoms with E-state index in [2.05, 4.69) is 10.3 Å². The van der Waals surface area contributed by atoms with Crippen LogP contribution in [0.1, 0.15) is 68.9 Å². The number of hydrogen-bond donors (Lipinski definition) is 1. The molecule has 0 spiro atoms. The molecule has 2 amide bonds. The fourth-order valence-electron chi connectivity index (χ4n) is 5.37. The van der Waals surface area contributed by atoms with Gasteiger partial charge in [0.15, 0.2) is 5.82 Å². The largest absolute Gasteiger partial charge is 0.376 e. The smallest absolute Gasteiger partial charge is 0.290 e. The first kappa shape index (κ1) is 20.5. The van der Waals surface area contributed by atoms with Crippen LogP contribution in [0.4, 0.5) is 0 Å². The highest BCUT2D eigenvalue weighted by Gasteiger charge is 2.49. The minimum atomic E-state index is -0.980. The van der Waals surface area contributed by atoms with Gasteiger partial charge in [0, 0.05) is 19.2 Å². The molecule has 1 aromatic carbocycles. The second-order valence-corrected chi connectivity index (χ2v) is 9.50. The van der Waals surface area contributed by atoms with E-state index in [0.717, 1.165) is 56.2 Å². The molecule has 7 heteroatoms. The third-order valence-corrected chi connectivity index (χ3v) is 7.24. The molecular weight excluding hydrogens is 392 g/mol. The summed E-state index contributed by atoms with van der Waals surface area (Å²) in [6.07, 6.45) is 8.69. The maximum atomic E-state index is 13.7. The van der Waals surface area contributed by atoms with Gasteiger partial charge in [-0.15, -0.1) is 0 Å². The summed E-state index contributed by atoms with van der Waals surface area (Å²) in [4.78, 5) is 33.7. The molecule has 1 aromatic heterocycles. The molecule has 7 nitrogen and oxygen atoms in total. The van der Waals surface area contributed by atoms with Crippen LogP contribution >= 0.6 is 0 Å². The summed E-state index contributed by atoms with van der Waals surface area (Å²) in [7, 11) is 0. The second-order valence-electron chi connectivity index (χ2n) is 9.50. The van der Waals surface area contributed by atoms with Crippen molar-refractivity contribution in [2.45, 2.75) is 82.5 Å². The Morgan fingerprint density at radius 2 is 1.94 bits per heavy atom. The quantitative estimate of drug-likeness (QED) is 0.765. The molecule has 2 atom stereocenters. The number of fused-ring (bicyclic) bond motifs is 3. The Bertz CT molecular complexity index is 972. The predicted octanol–water partition coefficient (Wildman–Crippen LogP) is 3.27. The molecule has 3 aliphatic rings. The maximum Gasteiger partial charge on any atom is 0.290 e. The minimum absolute atomic E-state index is 0.0233. The molecule has 2 aromatic rings. The molecule has 1 aliphatic carbocycles. The number of amides is 2. The number of nitrogens with one attached hydrogen (secondary N) is 1. The van der Waals surface area contributed by atoms with E-state index in [-0.39, 0.29) is 24.0 Å². The molecule has 166 valence electrons. The van der Waals surface area contributed by atoms with Gasteiger partial charge < -0.3 is 19.5 Å². The van der Waals surface area contributed by atoms with E-state index in [1.54, 1.807) is 4.90 Å². The van der Waals surface area contributed by atoms with Crippen LogP contribution in [0.2, 0.25) is 0 Å². The monoisotopic (exact) mass is 424 g/mol. The van der Waals surface area contributed by atoms with E-state index >= 15 is 0 Å². The molecule has 31 heavy (non-hydrogen) atoms. The lowest BCUT2D eigenvalue weighted by Crippen LogP contribution is -2.66. The van der Waals surface area contributed by atoms with Crippen molar-refractivity contribution in [1.29, 1.82) is 0 Å². The number of ether oxygens (including phenoxy) is 1. The van der Waals surface area contributed by atoms with Crippen molar-refractivity contribution in [3.05, 3.63) is 30.1 Å². The number of imidazole rings is 1. The Hall–Kier alpha value is -2.41. The van der Waals surface area contributed by atoms with Gasteiger partial charge in [0.1, 0.15) is 5.54 Å². The molecule has 0 unspecified atom stereocenters. The van der Waals surface area contributed by atoms with Crippen LogP contribution < -0.4 is 5.32 Å². The summed E-state index contributed by atoms with van der Waals surface area (Å²) in [5.74, 6) is 0.171. The van der Waals surface area contributed by atoms with Gasteiger partial charge in [-0.2, -0.15) is 0 Å². The van der Waals surface area contributed by atoms with Crippen LogP contribution in [-0.2, 0) is 16.1 Å². The fraction of sp³-hybridized carbons (Fsp3) is 0.625. The van der Waals surface area contributed by atoms with Gasteiger partial charge >= 0.3 is 0 Å². The molecule has 3 heterocycles. The van der Waals surface area contributed by atoms with Crippen LogP contribution in [0, 0.1) is 0 Å². The van der Waals surface area contributed by atoms with E-state index in [0.29, 0.717) is 18.9 Å². The average molecular weight is 425 g/mol. The third-order valence-electron chi connectivity index (χ3n) is 7.24. The topological polar surface area (TPSA) is 76.5 Å².